The van der Waals surface area contributed by atoms with E-state index in [2.05, 4.69) is 20.9 Å². The van der Waals surface area contributed by atoms with Gasteiger partial charge in [-0.05, 0) is 60.1 Å². The predicted molar refractivity (Wildman–Crippen MR) is 80.8 cm³/mol. The minimum Gasteiger partial charge on any atom is -0.497 e. The van der Waals surface area contributed by atoms with Gasteiger partial charge in [-0.3, -0.25) is 0 Å². The lowest BCUT2D eigenvalue weighted by atomic mass is 10.3. The number of nitrogens with zero attached hydrogens (tertiary/aromatic N) is 1. The topological polar surface area (TPSA) is 40.6 Å². The average molecular weight is 338 g/mol. The Balaban J connectivity index is 2.26. The lowest BCUT2D eigenvalue weighted by Gasteiger charge is -2.14. The van der Waals surface area contributed by atoms with Crippen molar-refractivity contribution in [2.24, 2.45) is 0 Å². The Morgan fingerprint density at radius 3 is 2.60 bits per heavy atom. The van der Waals surface area contributed by atoms with Crippen LogP contribution in [0.4, 0.5) is 0 Å². The number of pyridine rings is 1. The molecule has 1 heterocycles. The maximum atomic E-state index is 5.80. The van der Waals surface area contributed by atoms with Crippen LogP contribution in [0.5, 0.6) is 23.1 Å². The van der Waals surface area contributed by atoms with Crippen molar-refractivity contribution in [1.82, 2.24) is 4.98 Å². The third kappa shape index (κ3) is 3.63. The normalized spacial score (nSPS) is 10.4. The summed E-state index contributed by atoms with van der Waals surface area (Å²) < 4.78 is 17.4. The molecular weight excluding hydrogens is 322 g/mol. The molecule has 0 bridgehead atoms. The van der Waals surface area contributed by atoms with E-state index in [4.69, 9.17) is 14.2 Å². The summed E-state index contributed by atoms with van der Waals surface area (Å²) in [6.45, 7) is 3.92. The summed E-state index contributed by atoms with van der Waals surface area (Å²) >= 11 is 3.45. The molecule has 0 aliphatic heterocycles. The van der Waals surface area contributed by atoms with Gasteiger partial charge in [0.05, 0.1) is 17.7 Å². The van der Waals surface area contributed by atoms with Gasteiger partial charge < -0.3 is 14.2 Å². The molecule has 2 rings (SSSR count). The van der Waals surface area contributed by atoms with Gasteiger partial charge in [0.1, 0.15) is 11.5 Å². The Morgan fingerprint density at radius 2 is 1.95 bits per heavy atom. The molecule has 2 aromatic rings. The van der Waals surface area contributed by atoms with Gasteiger partial charge in [0.2, 0.25) is 0 Å². The van der Waals surface area contributed by atoms with Crippen molar-refractivity contribution < 1.29 is 14.2 Å². The average Bonchev–Trinajstić information content (AvgIpc) is 2.42. The highest BCUT2D eigenvalue weighted by Crippen LogP contribution is 2.35. The highest BCUT2D eigenvalue weighted by Gasteiger charge is 2.11. The van der Waals surface area contributed by atoms with E-state index < -0.39 is 0 Å². The minimum absolute atomic E-state index is 0.0564. The van der Waals surface area contributed by atoms with E-state index in [1.165, 1.54) is 0 Å². The van der Waals surface area contributed by atoms with Gasteiger partial charge >= 0.3 is 0 Å². The molecule has 1 aromatic carbocycles. The summed E-state index contributed by atoms with van der Waals surface area (Å²) in [7, 11) is 1.62. The number of benzene rings is 1. The second-order valence-corrected chi connectivity index (χ2v) is 5.23. The zero-order chi connectivity index (χ0) is 14.5. The Labute approximate surface area is 126 Å². The Morgan fingerprint density at radius 1 is 1.15 bits per heavy atom. The van der Waals surface area contributed by atoms with Crippen molar-refractivity contribution in [2.75, 3.05) is 7.11 Å². The number of halogens is 1. The second-order valence-electron chi connectivity index (χ2n) is 4.37. The monoisotopic (exact) mass is 337 g/mol. The van der Waals surface area contributed by atoms with Crippen LogP contribution in [0.1, 0.15) is 13.8 Å². The molecule has 0 unspecified atom stereocenters. The molecule has 0 saturated carbocycles. The van der Waals surface area contributed by atoms with Crippen LogP contribution in [0.3, 0.4) is 0 Å². The van der Waals surface area contributed by atoms with Gasteiger partial charge in [-0.1, -0.05) is 0 Å². The maximum Gasteiger partial charge on any atom is 0.262 e. The van der Waals surface area contributed by atoms with Crippen molar-refractivity contribution in [1.29, 1.82) is 0 Å². The summed E-state index contributed by atoms with van der Waals surface area (Å²) in [5.41, 5.74) is 0. The fourth-order valence-corrected chi connectivity index (χ4v) is 2.03. The molecule has 0 atom stereocenters. The Bertz CT molecular complexity index is 587. The van der Waals surface area contributed by atoms with Crippen LogP contribution in [0, 0.1) is 0 Å². The van der Waals surface area contributed by atoms with E-state index in [9.17, 15) is 0 Å². The molecule has 0 aliphatic carbocycles. The van der Waals surface area contributed by atoms with Crippen LogP contribution in [-0.2, 0) is 0 Å². The van der Waals surface area contributed by atoms with Crippen LogP contribution in [0.15, 0.2) is 41.0 Å². The largest absolute Gasteiger partial charge is 0.497 e. The first kappa shape index (κ1) is 14.7. The minimum atomic E-state index is 0.0564. The second kappa shape index (κ2) is 6.61. The van der Waals surface area contributed by atoms with Crippen molar-refractivity contribution in [2.45, 2.75) is 20.0 Å². The number of hydrogen-bond acceptors (Lipinski definition) is 4. The van der Waals surface area contributed by atoms with Crippen molar-refractivity contribution in [3.8, 4) is 23.1 Å². The summed E-state index contributed by atoms with van der Waals surface area (Å²) in [4.78, 5) is 4.21. The van der Waals surface area contributed by atoms with E-state index in [1.54, 1.807) is 13.3 Å². The number of aromatic nitrogens is 1. The predicted octanol–water partition coefficient (Wildman–Crippen LogP) is 4.43. The number of rotatable bonds is 5. The van der Waals surface area contributed by atoms with E-state index in [-0.39, 0.29) is 6.10 Å². The van der Waals surface area contributed by atoms with Crippen LogP contribution in [-0.4, -0.2) is 18.2 Å². The first-order valence-electron chi connectivity index (χ1n) is 6.23. The molecule has 106 valence electrons. The van der Waals surface area contributed by atoms with Crippen LogP contribution < -0.4 is 14.2 Å². The highest BCUT2D eigenvalue weighted by molar-refractivity contribution is 9.10. The fourth-order valence-electron chi connectivity index (χ4n) is 1.59. The van der Waals surface area contributed by atoms with Crippen LogP contribution in [0.25, 0.3) is 0 Å². The number of methoxy groups -OCH3 is 1. The third-order valence-electron chi connectivity index (χ3n) is 2.44. The van der Waals surface area contributed by atoms with Crippen molar-refractivity contribution >= 4 is 15.9 Å². The van der Waals surface area contributed by atoms with Gasteiger partial charge in [0.15, 0.2) is 5.75 Å². The summed E-state index contributed by atoms with van der Waals surface area (Å²) in [6, 6.07) is 9.12. The third-order valence-corrected chi connectivity index (χ3v) is 3.06. The van der Waals surface area contributed by atoms with Crippen LogP contribution in [0.2, 0.25) is 0 Å². The van der Waals surface area contributed by atoms with Crippen LogP contribution >= 0.6 is 15.9 Å². The van der Waals surface area contributed by atoms with Gasteiger partial charge in [0, 0.05) is 6.20 Å². The molecule has 0 fully saturated rings. The number of ether oxygens (including phenoxy) is 3. The van der Waals surface area contributed by atoms with Gasteiger partial charge in [-0.25, -0.2) is 4.98 Å². The molecule has 4 nitrogen and oxygen atoms in total. The van der Waals surface area contributed by atoms with E-state index in [1.807, 2.05) is 44.2 Å². The maximum absolute atomic E-state index is 5.80. The molecule has 0 N–H and O–H groups in total. The molecular formula is C15H16BrNO3. The molecule has 0 radical (unpaired) electrons. The fraction of sp³-hybridized carbons (Fsp3) is 0.267. The van der Waals surface area contributed by atoms with Crippen molar-refractivity contribution in [3.05, 3.63) is 41.0 Å². The molecule has 0 aliphatic rings. The Kier molecular flexibility index (Phi) is 4.84. The van der Waals surface area contributed by atoms with Crippen molar-refractivity contribution in [3.63, 3.8) is 0 Å². The SMILES string of the molecule is COc1ccc(Oc2ncccc2OC(C)C)c(Br)c1. The zero-order valence-corrected chi connectivity index (χ0v) is 13.2. The molecule has 0 spiro atoms. The number of hydrogen-bond donors (Lipinski definition) is 0. The van der Waals surface area contributed by atoms with Gasteiger partial charge in [-0.15, -0.1) is 0 Å². The van der Waals surface area contributed by atoms with E-state index in [0.29, 0.717) is 17.4 Å². The zero-order valence-electron chi connectivity index (χ0n) is 11.6. The smallest absolute Gasteiger partial charge is 0.262 e. The first-order valence-corrected chi connectivity index (χ1v) is 7.02. The summed E-state index contributed by atoms with van der Waals surface area (Å²) in [6.07, 6.45) is 1.72. The standard InChI is InChI=1S/C15H16BrNO3/c1-10(2)19-14-5-4-8-17-15(14)20-13-7-6-11(18-3)9-12(13)16/h4-10H,1-3H3. The lowest BCUT2D eigenvalue weighted by molar-refractivity contribution is 0.231. The first-order chi connectivity index (χ1) is 9.60. The van der Waals surface area contributed by atoms with Gasteiger partial charge in [0.25, 0.3) is 5.88 Å². The quantitative estimate of drug-likeness (QED) is 0.809. The summed E-state index contributed by atoms with van der Waals surface area (Å²) in [5, 5.41) is 0. The molecule has 1 aromatic heterocycles. The summed E-state index contributed by atoms with van der Waals surface area (Å²) in [5.74, 6) is 2.46. The molecule has 5 heteroatoms. The molecule has 20 heavy (non-hydrogen) atoms. The van der Waals surface area contributed by atoms with E-state index >= 15 is 0 Å². The van der Waals surface area contributed by atoms with Gasteiger partial charge in [-0.2, -0.15) is 0 Å². The molecule has 0 saturated heterocycles. The lowest BCUT2D eigenvalue weighted by Crippen LogP contribution is -2.07. The van der Waals surface area contributed by atoms with E-state index in [0.717, 1.165) is 10.2 Å². The Hall–Kier alpha value is -1.75. The highest BCUT2D eigenvalue weighted by atomic mass is 79.9. The molecule has 0 amide bonds.